The van der Waals surface area contributed by atoms with Crippen LogP contribution in [-0.4, -0.2) is 38.0 Å². The molecule has 0 N–H and O–H groups in total. The first kappa shape index (κ1) is 34.6. The molecule has 5 rings (SSSR count). The van der Waals surface area contributed by atoms with Gasteiger partial charge in [0.15, 0.2) is 27.8 Å². The molecule has 0 bridgehead atoms. The van der Waals surface area contributed by atoms with Crippen molar-refractivity contribution < 1.29 is 28.5 Å². The van der Waals surface area contributed by atoms with Crippen LogP contribution < -0.4 is 33.8 Å². The Bertz CT molecular complexity index is 2060. The van der Waals surface area contributed by atoms with Crippen LogP contribution in [0.3, 0.4) is 0 Å². The highest BCUT2D eigenvalue weighted by Gasteiger charge is 2.35. The van der Waals surface area contributed by atoms with Crippen LogP contribution in [0, 0.1) is 0 Å². The molecule has 0 fully saturated rings. The lowest BCUT2D eigenvalue weighted by Gasteiger charge is -2.26. The highest BCUT2D eigenvalue weighted by atomic mass is 79.9. The zero-order valence-corrected chi connectivity index (χ0v) is 30.1. The third kappa shape index (κ3) is 7.23. The third-order valence-electron chi connectivity index (χ3n) is 7.26. The molecule has 4 aromatic rings. The molecule has 0 spiro atoms. The van der Waals surface area contributed by atoms with Gasteiger partial charge in [0.1, 0.15) is 6.61 Å². The van der Waals surface area contributed by atoms with Gasteiger partial charge in [0.05, 0.1) is 59.3 Å². The summed E-state index contributed by atoms with van der Waals surface area (Å²) < 4.78 is 30.9. The minimum absolute atomic E-state index is 0.162. The number of aromatic nitrogens is 1. The van der Waals surface area contributed by atoms with Crippen LogP contribution in [0.25, 0.3) is 6.08 Å². The molecule has 0 radical (unpaired) electrons. The van der Waals surface area contributed by atoms with Gasteiger partial charge < -0.3 is 23.7 Å². The first-order valence-corrected chi connectivity index (χ1v) is 16.9. The number of carbonyl (C=O) groups is 1. The first-order chi connectivity index (χ1) is 22.6. The molecule has 1 aliphatic rings. The number of carbonyl (C=O) groups excluding carboxylic acids is 1. The molecule has 0 saturated heterocycles. The van der Waals surface area contributed by atoms with Gasteiger partial charge in [0, 0.05) is 4.47 Å². The number of esters is 1. The second-order valence-electron chi connectivity index (χ2n) is 10.2. The maximum absolute atomic E-state index is 14.2. The van der Waals surface area contributed by atoms with Crippen molar-refractivity contribution in [3.05, 3.63) is 111 Å². The van der Waals surface area contributed by atoms with E-state index >= 15 is 0 Å². The van der Waals surface area contributed by atoms with Crippen LogP contribution in [0.4, 0.5) is 0 Å². The molecule has 3 aromatic carbocycles. The lowest BCUT2D eigenvalue weighted by atomic mass is 9.95. The Hall–Kier alpha value is -3.77. The van der Waals surface area contributed by atoms with Gasteiger partial charge in [-0.1, -0.05) is 62.6 Å². The maximum Gasteiger partial charge on any atom is 0.338 e. The molecule has 47 heavy (non-hydrogen) atoms. The van der Waals surface area contributed by atoms with Gasteiger partial charge in [-0.2, -0.15) is 0 Å². The predicted molar refractivity (Wildman–Crippen MR) is 186 cm³/mol. The Morgan fingerprint density at radius 3 is 2.38 bits per heavy atom. The molecule has 0 aliphatic carbocycles. The Morgan fingerprint density at radius 2 is 1.70 bits per heavy atom. The fourth-order valence-electron chi connectivity index (χ4n) is 5.11. The summed E-state index contributed by atoms with van der Waals surface area (Å²) in [4.78, 5) is 32.6. The van der Waals surface area contributed by atoms with Crippen LogP contribution in [0.5, 0.6) is 23.0 Å². The zero-order chi connectivity index (χ0) is 33.8. The van der Waals surface area contributed by atoms with Gasteiger partial charge in [-0.15, -0.1) is 0 Å². The lowest BCUT2D eigenvalue weighted by molar-refractivity contribution is -0.139. The number of nitrogens with zero attached hydrogens (tertiary/aromatic N) is 2. The topological polar surface area (TPSA) is 97.6 Å². The Morgan fingerprint density at radius 1 is 0.957 bits per heavy atom. The van der Waals surface area contributed by atoms with E-state index in [1.165, 1.54) is 30.1 Å². The summed E-state index contributed by atoms with van der Waals surface area (Å²) in [5, 5.41) is 0.912. The molecule has 9 nitrogen and oxygen atoms in total. The second-order valence-corrected chi connectivity index (χ2v) is 12.9. The average Bonchev–Trinajstić information content (AvgIpc) is 3.35. The van der Waals surface area contributed by atoms with Gasteiger partial charge in [-0.05, 0) is 79.9 Å². The minimum Gasteiger partial charge on any atom is -0.493 e. The van der Waals surface area contributed by atoms with E-state index in [4.69, 9.17) is 46.9 Å². The number of halogens is 3. The second kappa shape index (κ2) is 15.0. The summed E-state index contributed by atoms with van der Waals surface area (Å²) >= 11 is 17.0. The van der Waals surface area contributed by atoms with Gasteiger partial charge in [0.25, 0.3) is 5.56 Å². The van der Waals surface area contributed by atoms with Crippen LogP contribution >= 0.6 is 50.5 Å². The molecule has 2 heterocycles. The third-order valence-corrected chi connectivity index (χ3v) is 9.67. The molecular weight excluding hydrogens is 731 g/mol. The van der Waals surface area contributed by atoms with Crippen molar-refractivity contribution in [2.75, 3.05) is 27.4 Å². The fraction of sp³-hybridized carbons (Fsp3) is 0.265. The largest absolute Gasteiger partial charge is 0.493 e. The molecule has 1 atom stereocenters. The summed E-state index contributed by atoms with van der Waals surface area (Å²) in [6.07, 6.45) is 1.76. The normalized spacial score (nSPS) is 14.4. The molecule has 0 saturated carbocycles. The minimum atomic E-state index is -0.849. The maximum atomic E-state index is 14.2. The number of thiazole rings is 1. The highest BCUT2D eigenvalue weighted by Crippen LogP contribution is 2.41. The van der Waals surface area contributed by atoms with Crippen molar-refractivity contribution in [2.45, 2.75) is 33.4 Å². The SMILES string of the molecule is CCOC(=O)C1=C(C)N=c2s/c(=C\c3ccc(OCc4ccc(Cl)c(Cl)c4)c(OCC)c3)c(=O)n2[C@H]1c1cc(OC)c(OC)cc1Br. The van der Waals surface area contributed by atoms with Gasteiger partial charge in [0.2, 0.25) is 0 Å². The zero-order valence-electron chi connectivity index (χ0n) is 26.2. The summed E-state index contributed by atoms with van der Waals surface area (Å²) in [5.74, 6) is 1.41. The quantitative estimate of drug-likeness (QED) is 0.154. The van der Waals surface area contributed by atoms with E-state index in [9.17, 15) is 9.59 Å². The number of rotatable bonds is 11. The van der Waals surface area contributed by atoms with Gasteiger partial charge in [-0.25, -0.2) is 9.79 Å². The number of allylic oxidation sites excluding steroid dienone is 1. The summed E-state index contributed by atoms with van der Waals surface area (Å²) in [6, 6.07) is 13.4. The number of methoxy groups -OCH3 is 2. The molecule has 246 valence electrons. The summed E-state index contributed by atoms with van der Waals surface area (Å²) in [6.45, 7) is 6.16. The van der Waals surface area contributed by atoms with Crippen LogP contribution in [-0.2, 0) is 16.1 Å². The van der Waals surface area contributed by atoms with Crippen molar-refractivity contribution in [1.82, 2.24) is 4.57 Å². The van der Waals surface area contributed by atoms with Gasteiger partial charge >= 0.3 is 5.97 Å². The van der Waals surface area contributed by atoms with E-state index < -0.39 is 12.0 Å². The number of fused-ring (bicyclic) bond motifs is 1. The smallest absolute Gasteiger partial charge is 0.338 e. The molecule has 1 aromatic heterocycles. The average molecular weight is 763 g/mol. The van der Waals surface area contributed by atoms with E-state index in [0.717, 1.165) is 5.56 Å². The monoisotopic (exact) mass is 760 g/mol. The molecule has 0 unspecified atom stereocenters. The van der Waals surface area contributed by atoms with Crippen molar-refractivity contribution in [3.8, 4) is 23.0 Å². The fourth-order valence-corrected chi connectivity index (χ4v) is 7.02. The van der Waals surface area contributed by atoms with E-state index in [1.807, 2.05) is 25.1 Å². The van der Waals surface area contributed by atoms with Crippen LogP contribution in [0.2, 0.25) is 10.0 Å². The number of benzene rings is 3. The molecular formula is C34H31BrCl2N2O7S. The molecule has 1 aliphatic heterocycles. The number of hydrogen-bond donors (Lipinski definition) is 0. The van der Waals surface area contributed by atoms with Gasteiger partial charge in [-0.3, -0.25) is 9.36 Å². The summed E-state index contributed by atoms with van der Waals surface area (Å²) in [7, 11) is 3.06. The molecule has 0 amide bonds. The number of hydrogen-bond acceptors (Lipinski definition) is 9. The Balaban J connectivity index is 1.59. The van der Waals surface area contributed by atoms with E-state index in [0.29, 0.717) is 70.3 Å². The summed E-state index contributed by atoms with van der Waals surface area (Å²) in [5.41, 5.74) is 2.54. The van der Waals surface area contributed by atoms with Crippen molar-refractivity contribution in [2.24, 2.45) is 4.99 Å². The van der Waals surface area contributed by atoms with E-state index in [2.05, 4.69) is 20.9 Å². The van der Waals surface area contributed by atoms with Crippen molar-refractivity contribution in [1.29, 1.82) is 0 Å². The predicted octanol–water partition coefficient (Wildman–Crippen LogP) is 6.86. The Labute approximate surface area is 293 Å². The first-order valence-electron chi connectivity index (χ1n) is 14.5. The van der Waals surface area contributed by atoms with Crippen molar-refractivity contribution in [3.63, 3.8) is 0 Å². The van der Waals surface area contributed by atoms with Crippen LogP contribution in [0.15, 0.2) is 74.1 Å². The van der Waals surface area contributed by atoms with E-state index in [-0.39, 0.29) is 24.3 Å². The van der Waals surface area contributed by atoms with Crippen molar-refractivity contribution >= 4 is 62.5 Å². The lowest BCUT2D eigenvalue weighted by Crippen LogP contribution is -2.40. The standard InChI is InChI=1S/C34H31BrCl2N2O7S/c1-6-44-28-13-19(9-11-25(28)46-17-20-8-10-23(36)24(37)12-20)14-29-32(40)39-31(21-15-26(42-4)27(43-5)16-22(21)35)30(33(41)45-7-2)18(3)38-34(39)47-29/h8-16,31H,6-7,17H2,1-5H3/b29-14-/t31-/m0/s1. The Kier molecular flexibility index (Phi) is 11.0. The number of ether oxygens (including phenoxy) is 5. The van der Waals surface area contributed by atoms with E-state index in [1.54, 1.807) is 50.3 Å². The molecule has 13 heteroatoms. The highest BCUT2D eigenvalue weighted by molar-refractivity contribution is 9.10. The van der Waals surface area contributed by atoms with Crippen LogP contribution in [0.1, 0.15) is 43.5 Å².